The summed E-state index contributed by atoms with van der Waals surface area (Å²) in [6.45, 7) is 3.74. The van der Waals surface area contributed by atoms with Crippen molar-refractivity contribution in [3.8, 4) is 11.5 Å². The molecular weight excluding hydrogens is 443 g/mol. The molecule has 31 heavy (non-hydrogen) atoms. The number of carbonyl (C=O) groups excluding carboxylic acids is 2. The van der Waals surface area contributed by atoms with Crippen molar-refractivity contribution < 1.29 is 23.8 Å². The van der Waals surface area contributed by atoms with Gasteiger partial charge in [0, 0.05) is 27.9 Å². The van der Waals surface area contributed by atoms with Crippen LogP contribution in [0.3, 0.4) is 0 Å². The average Bonchev–Trinajstić information content (AvgIpc) is 2.72. The summed E-state index contributed by atoms with van der Waals surface area (Å²) in [5.74, 6) is 0.237. The van der Waals surface area contributed by atoms with E-state index in [9.17, 15) is 9.59 Å². The highest BCUT2D eigenvalue weighted by Crippen LogP contribution is 2.40. The zero-order valence-corrected chi connectivity index (χ0v) is 18.8. The number of allylic oxidation sites excluding steroid dienone is 1. The number of halogens is 2. The normalized spacial score (nSPS) is 15.8. The molecule has 1 aliphatic heterocycles. The average molecular weight is 465 g/mol. The van der Waals surface area contributed by atoms with Crippen LogP contribution in [0.25, 0.3) is 0 Å². The fourth-order valence-corrected chi connectivity index (χ4v) is 3.67. The minimum Gasteiger partial charge on any atom is -0.493 e. The first kappa shape index (κ1) is 22.8. The van der Waals surface area contributed by atoms with Crippen molar-refractivity contribution in [2.45, 2.75) is 26.5 Å². The highest BCUT2D eigenvalue weighted by molar-refractivity contribution is 6.32. The van der Waals surface area contributed by atoms with Gasteiger partial charge < -0.3 is 24.8 Å². The molecule has 0 aromatic heterocycles. The Kier molecular flexibility index (Phi) is 7.30. The lowest BCUT2D eigenvalue weighted by atomic mass is 9.95. The monoisotopic (exact) mass is 464 g/mol. The van der Waals surface area contributed by atoms with Gasteiger partial charge in [-0.3, -0.25) is 0 Å². The molecule has 3 rings (SSSR count). The summed E-state index contributed by atoms with van der Waals surface area (Å²) < 4.78 is 16.5. The number of carbonyl (C=O) groups is 2. The third kappa shape index (κ3) is 5.06. The lowest BCUT2D eigenvalue weighted by molar-refractivity contribution is -0.139. The van der Waals surface area contributed by atoms with Crippen molar-refractivity contribution >= 4 is 35.2 Å². The number of benzene rings is 2. The van der Waals surface area contributed by atoms with Crippen LogP contribution >= 0.6 is 23.2 Å². The Morgan fingerprint density at radius 2 is 1.87 bits per heavy atom. The van der Waals surface area contributed by atoms with Gasteiger partial charge in [-0.15, -0.1) is 0 Å². The Balaban J connectivity index is 1.96. The van der Waals surface area contributed by atoms with E-state index in [1.807, 2.05) is 18.2 Å². The third-order valence-corrected chi connectivity index (χ3v) is 5.40. The molecule has 2 aromatic rings. The second-order valence-corrected chi connectivity index (χ2v) is 7.51. The van der Waals surface area contributed by atoms with E-state index < -0.39 is 18.0 Å². The fourth-order valence-electron chi connectivity index (χ4n) is 3.22. The van der Waals surface area contributed by atoms with Crippen molar-refractivity contribution in [2.24, 2.45) is 0 Å². The maximum atomic E-state index is 12.5. The van der Waals surface area contributed by atoms with E-state index in [2.05, 4.69) is 10.6 Å². The van der Waals surface area contributed by atoms with Gasteiger partial charge >= 0.3 is 12.0 Å². The van der Waals surface area contributed by atoms with E-state index in [-0.39, 0.29) is 23.8 Å². The molecule has 9 heteroatoms. The number of hydrogen-bond donors (Lipinski definition) is 2. The van der Waals surface area contributed by atoms with Crippen LogP contribution in [0, 0.1) is 0 Å². The molecule has 1 heterocycles. The topological polar surface area (TPSA) is 85.9 Å². The standard InChI is InChI=1S/C22H22Cl2N2O5/c1-4-30-21(27)19-12(2)25-22(28)26-20(19)14-9-17(29-3)18(10-16(14)24)31-11-13-7-5-6-8-15(13)23/h5-10,20H,4,11H2,1-3H3,(H2,25,26,28)/t20-/m0/s1. The maximum Gasteiger partial charge on any atom is 0.338 e. The van der Waals surface area contributed by atoms with E-state index >= 15 is 0 Å². The molecule has 0 radical (unpaired) electrons. The second kappa shape index (κ2) is 9.94. The Labute approximate surface area is 190 Å². The Morgan fingerprint density at radius 3 is 2.55 bits per heavy atom. The van der Waals surface area contributed by atoms with E-state index in [1.165, 1.54) is 7.11 Å². The number of methoxy groups -OCH3 is 1. The smallest absolute Gasteiger partial charge is 0.338 e. The largest absolute Gasteiger partial charge is 0.493 e. The van der Waals surface area contributed by atoms with Crippen molar-refractivity contribution in [3.05, 3.63) is 68.8 Å². The predicted molar refractivity (Wildman–Crippen MR) is 118 cm³/mol. The molecule has 2 aromatic carbocycles. The Hall–Kier alpha value is -2.90. The third-order valence-electron chi connectivity index (χ3n) is 4.70. The van der Waals surface area contributed by atoms with E-state index in [4.69, 9.17) is 37.4 Å². The molecule has 2 amide bonds. The molecular formula is C22H22Cl2N2O5. The van der Waals surface area contributed by atoms with Crippen LogP contribution in [-0.4, -0.2) is 25.7 Å². The molecule has 2 N–H and O–H groups in total. The molecule has 0 fully saturated rings. The van der Waals surface area contributed by atoms with E-state index in [1.54, 1.807) is 32.0 Å². The molecule has 0 saturated carbocycles. The number of ether oxygens (including phenoxy) is 3. The van der Waals surface area contributed by atoms with Crippen LogP contribution < -0.4 is 20.1 Å². The summed E-state index contributed by atoms with van der Waals surface area (Å²) in [4.78, 5) is 24.6. The van der Waals surface area contributed by atoms with Gasteiger partial charge in [0.15, 0.2) is 11.5 Å². The minimum absolute atomic E-state index is 0.197. The first-order valence-electron chi connectivity index (χ1n) is 9.54. The summed E-state index contributed by atoms with van der Waals surface area (Å²) in [5, 5.41) is 6.18. The van der Waals surface area contributed by atoms with Gasteiger partial charge in [-0.2, -0.15) is 0 Å². The molecule has 164 valence electrons. The SMILES string of the molecule is CCOC(=O)C1=C(C)NC(=O)N[C@H]1c1cc(OC)c(OCc2ccccc2Cl)cc1Cl. The number of hydrogen-bond acceptors (Lipinski definition) is 5. The van der Waals surface area contributed by atoms with Gasteiger partial charge in [0.05, 0.1) is 30.4 Å². The minimum atomic E-state index is -0.813. The highest BCUT2D eigenvalue weighted by atomic mass is 35.5. The van der Waals surface area contributed by atoms with Gasteiger partial charge in [0.25, 0.3) is 0 Å². The van der Waals surface area contributed by atoms with E-state index in [0.29, 0.717) is 27.8 Å². The zero-order chi connectivity index (χ0) is 22.5. The quantitative estimate of drug-likeness (QED) is 0.576. The van der Waals surface area contributed by atoms with Crippen LogP contribution in [-0.2, 0) is 16.1 Å². The second-order valence-electron chi connectivity index (χ2n) is 6.70. The van der Waals surface area contributed by atoms with Gasteiger partial charge in [-0.25, -0.2) is 9.59 Å². The summed E-state index contributed by atoms with van der Waals surface area (Å²) in [6, 6.07) is 9.28. The van der Waals surface area contributed by atoms with Crippen LogP contribution in [0.4, 0.5) is 4.79 Å². The number of nitrogens with one attached hydrogen (secondary N) is 2. The van der Waals surface area contributed by atoms with E-state index in [0.717, 1.165) is 5.56 Å². The first-order chi connectivity index (χ1) is 14.8. The summed E-state index contributed by atoms with van der Waals surface area (Å²) in [5.41, 5.74) is 1.93. The first-order valence-corrected chi connectivity index (χ1v) is 10.3. The van der Waals surface area contributed by atoms with Crippen LogP contribution in [0.1, 0.15) is 31.0 Å². The Morgan fingerprint density at radius 1 is 1.13 bits per heavy atom. The van der Waals surface area contributed by atoms with Gasteiger partial charge in [0.2, 0.25) is 0 Å². The Bertz CT molecular complexity index is 1040. The molecule has 0 aliphatic carbocycles. The number of esters is 1. The summed E-state index contributed by atoms with van der Waals surface area (Å²) in [6.07, 6.45) is 0. The summed E-state index contributed by atoms with van der Waals surface area (Å²) >= 11 is 12.7. The van der Waals surface area contributed by atoms with Crippen molar-refractivity contribution in [1.82, 2.24) is 10.6 Å². The number of rotatable bonds is 7. The summed E-state index contributed by atoms with van der Waals surface area (Å²) in [7, 11) is 1.49. The predicted octanol–water partition coefficient (Wildman–Crippen LogP) is 4.77. The van der Waals surface area contributed by atoms with Crippen LogP contribution in [0.5, 0.6) is 11.5 Å². The molecule has 0 saturated heterocycles. The van der Waals surface area contributed by atoms with Gasteiger partial charge in [-0.05, 0) is 26.0 Å². The fraction of sp³-hybridized carbons (Fsp3) is 0.273. The van der Waals surface area contributed by atoms with Gasteiger partial charge in [0.1, 0.15) is 6.61 Å². The maximum absolute atomic E-state index is 12.5. The van der Waals surface area contributed by atoms with Crippen molar-refractivity contribution in [3.63, 3.8) is 0 Å². The van der Waals surface area contributed by atoms with Crippen molar-refractivity contribution in [1.29, 1.82) is 0 Å². The number of amides is 2. The van der Waals surface area contributed by atoms with Gasteiger partial charge in [-0.1, -0.05) is 41.4 Å². The molecule has 7 nitrogen and oxygen atoms in total. The highest BCUT2D eigenvalue weighted by Gasteiger charge is 2.34. The number of urea groups is 1. The van der Waals surface area contributed by atoms with Crippen LogP contribution in [0.15, 0.2) is 47.7 Å². The lowest BCUT2D eigenvalue weighted by Gasteiger charge is -2.29. The van der Waals surface area contributed by atoms with Crippen LogP contribution in [0.2, 0.25) is 10.0 Å². The molecule has 1 atom stereocenters. The molecule has 0 bridgehead atoms. The van der Waals surface area contributed by atoms with Crippen molar-refractivity contribution in [2.75, 3.05) is 13.7 Å². The zero-order valence-electron chi connectivity index (χ0n) is 17.3. The molecule has 0 spiro atoms. The molecule has 1 aliphatic rings. The molecule has 0 unspecified atom stereocenters. The lowest BCUT2D eigenvalue weighted by Crippen LogP contribution is -2.45.